The molecule has 0 saturated heterocycles. The SMILES string of the molecule is Cc1nocc1CNC1CCCn2nc(C(=O)O)cc21. The second-order valence-electron chi connectivity index (χ2n) is 4.98. The summed E-state index contributed by atoms with van der Waals surface area (Å²) in [4.78, 5) is 11.0. The van der Waals surface area contributed by atoms with Gasteiger partial charge in [0.2, 0.25) is 0 Å². The maximum atomic E-state index is 11.0. The molecule has 0 amide bonds. The standard InChI is InChI=1S/C13H16N4O3/c1-8-9(7-20-16-8)6-14-10-3-2-4-17-12(10)5-11(15-17)13(18)19/h5,7,10,14H,2-4,6H2,1H3,(H,18,19). The molecule has 0 fully saturated rings. The molecule has 2 aromatic rings. The third kappa shape index (κ3) is 2.32. The summed E-state index contributed by atoms with van der Waals surface area (Å²) in [5, 5.41) is 20.4. The zero-order chi connectivity index (χ0) is 14.1. The molecular weight excluding hydrogens is 260 g/mol. The Balaban J connectivity index is 1.76. The van der Waals surface area contributed by atoms with Crippen molar-refractivity contribution in [3.63, 3.8) is 0 Å². The average molecular weight is 276 g/mol. The fourth-order valence-electron chi connectivity index (χ4n) is 2.51. The minimum absolute atomic E-state index is 0.106. The predicted molar refractivity (Wildman–Crippen MR) is 69.2 cm³/mol. The van der Waals surface area contributed by atoms with Crippen molar-refractivity contribution >= 4 is 5.97 Å². The van der Waals surface area contributed by atoms with Crippen LogP contribution < -0.4 is 5.32 Å². The van der Waals surface area contributed by atoms with Crippen LogP contribution in [-0.2, 0) is 13.1 Å². The van der Waals surface area contributed by atoms with Gasteiger partial charge in [0, 0.05) is 24.7 Å². The van der Waals surface area contributed by atoms with Gasteiger partial charge in [-0.2, -0.15) is 5.10 Å². The Bertz CT molecular complexity index is 631. The number of aromatic nitrogens is 3. The van der Waals surface area contributed by atoms with Gasteiger partial charge in [0.05, 0.1) is 11.4 Å². The van der Waals surface area contributed by atoms with E-state index in [2.05, 4.69) is 15.6 Å². The number of nitrogens with zero attached hydrogens (tertiary/aromatic N) is 3. The highest BCUT2D eigenvalue weighted by Crippen LogP contribution is 2.26. The van der Waals surface area contributed by atoms with Crippen LogP contribution in [0.2, 0.25) is 0 Å². The Morgan fingerprint density at radius 1 is 1.65 bits per heavy atom. The molecule has 0 saturated carbocycles. The Kier molecular flexibility index (Phi) is 3.27. The van der Waals surface area contributed by atoms with Crippen LogP contribution in [0.1, 0.15) is 46.3 Å². The highest BCUT2D eigenvalue weighted by Gasteiger charge is 2.24. The first-order valence-electron chi connectivity index (χ1n) is 6.59. The molecule has 7 nitrogen and oxygen atoms in total. The molecule has 1 aliphatic heterocycles. The summed E-state index contributed by atoms with van der Waals surface area (Å²) in [6, 6.07) is 1.76. The number of fused-ring (bicyclic) bond motifs is 1. The maximum absolute atomic E-state index is 11.0. The first-order valence-corrected chi connectivity index (χ1v) is 6.59. The molecule has 1 aliphatic rings. The number of nitrogens with one attached hydrogen (secondary N) is 1. The van der Waals surface area contributed by atoms with Crippen molar-refractivity contribution in [1.29, 1.82) is 0 Å². The molecule has 0 radical (unpaired) electrons. The minimum atomic E-state index is -0.986. The summed E-state index contributed by atoms with van der Waals surface area (Å²) in [6.45, 7) is 3.31. The van der Waals surface area contributed by atoms with Crippen LogP contribution in [0.3, 0.4) is 0 Å². The highest BCUT2D eigenvalue weighted by molar-refractivity contribution is 5.85. The van der Waals surface area contributed by atoms with Crippen LogP contribution in [0.4, 0.5) is 0 Å². The third-order valence-corrected chi connectivity index (χ3v) is 3.64. The first-order chi connectivity index (χ1) is 9.65. The van der Waals surface area contributed by atoms with Gasteiger partial charge in [0.1, 0.15) is 6.26 Å². The second-order valence-corrected chi connectivity index (χ2v) is 4.98. The average Bonchev–Trinajstić information content (AvgIpc) is 3.02. The van der Waals surface area contributed by atoms with Crippen LogP contribution in [-0.4, -0.2) is 26.0 Å². The molecule has 2 aromatic heterocycles. The maximum Gasteiger partial charge on any atom is 0.356 e. The number of carboxylic acid groups (broad SMARTS) is 1. The molecule has 0 spiro atoms. The highest BCUT2D eigenvalue weighted by atomic mass is 16.5. The van der Waals surface area contributed by atoms with Crippen molar-refractivity contribution in [3.8, 4) is 0 Å². The number of aromatic carboxylic acids is 1. The fourth-order valence-corrected chi connectivity index (χ4v) is 2.51. The van der Waals surface area contributed by atoms with Crippen molar-refractivity contribution in [3.05, 3.63) is 35.0 Å². The van der Waals surface area contributed by atoms with Gasteiger partial charge in [-0.25, -0.2) is 4.79 Å². The van der Waals surface area contributed by atoms with Crippen molar-refractivity contribution in [2.75, 3.05) is 0 Å². The molecule has 20 heavy (non-hydrogen) atoms. The van der Waals surface area contributed by atoms with Crippen LogP contribution in [0.5, 0.6) is 0 Å². The quantitative estimate of drug-likeness (QED) is 0.879. The normalized spacial score (nSPS) is 17.9. The zero-order valence-corrected chi connectivity index (χ0v) is 11.2. The van der Waals surface area contributed by atoms with E-state index in [0.717, 1.165) is 36.3 Å². The molecule has 3 rings (SSSR count). The third-order valence-electron chi connectivity index (χ3n) is 3.64. The van der Waals surface area contributed by atoms with Crippen molar-refractivity contribution in [1.82, 2.24) is 20.3 Å². The molecule has 3 heterocycles. The van der Waals surface area contributed by atoms with E-state index >= 15 is 0 Å². The van der Waals surface area contributed by atoms with E-state index in [1.807, 2.05) is 6.92 Å². The lowest BCUT2D eigenvalue weighted by Crippen LogP contribution is -2.27. The van der Waals surface area contributed by atoms with Crippen LogP contribution >= 0.6 is 0 Å². The van der Waals surface area contributed by atoms with Gasteiger partial charge in [-0.05, 0) is 25.8 Å². The van der Waals surface area contributed by atoms with Crippen LogP contribution in [0, 0.1) is 6.92 Å². The summed E-state index contributed by atoms with van der Waals surface area (Å²) in [7, 11) is 0. The molecular formula is C13H16N4O3. The van der Waals surface area contributed by atoms with Gasteiger partial charge in [-0.15, -0.1) is 0 Å². The molecule has 0 bridgehead atoms. The van der Waals surface area contributed by atoms with Gasteiger partial charge in [-0.1, -0.05) is 5.16 Å². The summed E-state index contributed by atoms with van der Waals surface area (Å²) < 4.78 is 6.69. The number of aryl methyl sites for hydroxylation is 2. The van der Waals surface area contributed by atoms with Gasteiger partial charge in [0.25, 0.3) is 0 Å². The number of hydrogen-bond donors (Lipinski definition) is 2. The van der Waals surface area contributed by atoms with Crippen molar-refractivity contribution in [2.24, 2.45) is 0 Å². The summed E-state index contributed by atoms with van der Waals surface area (Å²) >= 11 is 0. The predicted octanol–water partition coefficient (Wildman–Crippen LogP) is 1.50. The molecule has 0 aliphatic carbocycles. The Labute approximate surface area is 115 Å². The van der Waals surface area contributed by atoms with E-state index in [4.69, 9.17) is 9.63 Å². The Morgan fingerprint density at radius 2 is 2.50 bits per heavy atom. The fraction of sp³-hybridized carbons (Fsp3) is 0.462. The summed E-state index contributed by atoms with van der Waals surface area (Å²) in [6.07, 6.45) is 3.58. The number of carboxylic acids is 1. The van der Waals surface area contributed by atoms with Crippen molar-refractivity contribution in [2.45, 2.75) is 38.9 Å². The van der Waals surface area contributed by atoms with E-state index < -0.39 is 5.97 Å². The topological polar surface area (TPSA) is 93.2 Å². The number of carbonyl (C=O) groups is 1. The molecule has 7 heteroatoms. The molecule has 1 atom stereocenters. The van der Waals surface area contributed by atoms with Crippen LogP contribution in [0.25, 0.3) is 0 Å². The lowest BCUT2D eigenvalue weighted by Gasteiger charge is -2.24. The zero-order valence-electron chi connectivity index (χ0n) is 11.2. The summed E-state index contributed by atoms with van der Waals surface area (Å²) in [5.74, 6) is -0.986. The lowest BCUT2D eigenvalue weighted by atomic mass is 10.0. The van der Waals surface area contributed by atoms with Gasteiger partial charge >= 0.3 is 5.97 Å². The first kappa shape index (κ1) is 12.9. The molecule has 106 valence electrons. The van der Waals surface area contributed by atoms with E-state index in [0.29, 0.717) is 6.54 Å². The Morgan fingerprint density at radius 3 is 3.20 bits per heavy atom. The number of hydrogen-bond acceptors (Lipinski definition) is 5. The smallest absolute Gasteiger partial charge is 0.356 e. The van der Waals surface area contributed by atoms with Gasteiger partial charge < -0.3 is 14.9 Å². The molecule has 0 aromatic carbocycles. The summed E-state index contributed by atoms with van der Waals surface area (Å²) in [5.41, 5.74) is 2.92. The van der Waals surface area contributed by atoms with E-state index in [1.54, 1.807) is 17.0 Å². The van der Waals surface area contributed by atoms with Crippen LogP contribution in [0.15, 0.2) is 16.9 Å². The van der Waals surface area contributed by atoms with Gasteiger partial charge in [0.15, 0.2) is 5.69 Å². The number of rotatable bonds is 4. The van der Waals surface area contributed by atoms with E-state index in [1.165, 1.54) is 0 Å². The monoisotopic (exact) mass is 276 g/mol. The second kappa shape index (κ2) is 5.09. The molecule has 2 N–H and O–H groups in total. The Hall–Kier alpha value is -2.15. The largest absolute Gasteiger partial charge is 0.476 e. The minimum Gasteiger partial charge on any atom is -0.476 e. The lowest BCUT2D eigenvalue weighted by molar-refractivity contribution is 0.0689. The van der Waals surface area contributed by atoms with E-state index in [-0.39, 0.29) is 11.7 Å². The molecule has 1 unspecified atom stereocenters. The van der Waals surface area contributed by atoms with Gasteiger partial charge in [-0.3, -0.25) is 4.68 Å². The van der Waals surface area contributed by atoms with E-state index in [9.17, 15) is 4.79 Å². The van der Waals surface area contributed by atoms with Crippen molar-refractivity contribution < 1.29 is 14.4 Å².